The van der Waals surface area contributed by atoms with E-state index in [4.69, 9.17) is 0 Å². The van der Waals surface area contributed by atoms with Crippen LogP contribution in [0.2, 0.25) is 0 Å². The Balaban J connectivity index is 0.000000443. The van der Waals surface area contributed by atoms with Crippen LogP contribution in [0.4, 0.5) is 0 Å². The van der Waals surface area contributed by atoms with Crippen molar-refractivity contribution in [2.24, 2.45) is 5.92 Å². The van der Waals surface area contributed by atoms with Gasteiger partial charge in [0.2, 0.25) is 0 Å². The van der Waals surface area contributed by atoms with E-state index in [-0.39, 0.29) is 32.7 Å². The van der Waals surface area contributed by atoms with Crippen LogP contribution in [0.25, 0.3) is 0 Å². The summed E-state index contributed by atoms with van der Waals surface area (Å²) in [5.74, 6) is 0.795. The minimum atomic E-state index is 0. The topological polar surface area (TPSA) is 0 Å². The predicted octanol–water partition coefficient (Wildman–Crippen LogP) is 4.48. The zero-order valence-corrected chi connectivity index (χ0v) is 13.2. The van der Waals surface area contributed by atoms with E-state index in [0.717, 1.165) is 12.3 Å². The van der Waals surface area contributed by atoms with Crippen LogP contribution in [0.15, 0.2) is 16.7 Å². The second-order valence-electron chi connectivity index (χ2n) is 4.26. The molecule has 0 heterocycles. The van der Waals surface area contributed by atoms with Crippen LogP contribution < -0.4 is 0 Å². The van der Waals surface area contributed by atoms with Crippen molar-refractivity contribution in [3.8, 4) is 0 Å². The number of hydrogen-bond donors (Lipinski definition) is 0. The van der Waals surface area contributed by atoms with Gasteiger partial charge in [-0.25, -0.2) is 17.2 Å². The molecule has 1 saturated carbocycles. The molecule has 0 bridgehead atoms. The third-order valence-corrected chi connectivity index (χ3v) is 3.00. The number of hydrogen-bond acceptors (Lipinski definition) is 0. The van der Waals surface area contributed by atoms with Crippen LogP contribution in [-0.2, 0) is 32.7 Å². The molecule has 0 N–H and O–H groups in total. The molecule has 1 fully saturated rings. The Morgan fingerprint density at radius 1 is 1.33 bits per heavy atom. The van der Waals surface area contributed by atoms with Crippen LogP contribution in [0.5, 0.6) is 0 Å². The third kappa shape index (κ3) is 4.15. The fraction of sp³-hybridized carbons (Fsp3) is 0.643. The summed E-state index contributed by atoms with van der Waals surface area (Å²) in [6, 6.07) is 0. The maximum Gasteiger partial charge on any atom is 3.00 e. The maximum atomic E-state index is 3.49. The van der Waals surface area contributed by atoms with Crippen molar-refractivity contribution < 1.29 is 32.7 Å². The average Bonchev–Trinajstić information content (AvgIpc) is 2.45. The molecular formula is C14H22Y+. The molecule has 1 heteroatoms. The van der Waals surface area contributed by atoms with E-state index in [1.165, 1.54) is 36.8 Å². The molecule has 0 amide bonds. The van der Waals surface area contributed by atoms with Crippen LogP contribution in [-0.4, -0.2) is 0 Å². The zero-order chi connectivity index (χ0) is 10.6. The van der Waals surface area contributed by atoms with Crippen LogP contribution in [0.1, 0.15) is 52.9 Å². The smallest absolute Gasteiger partial charge is 0.344 e. The summed E-state index contributed by atoms with van der Waals surface area (Å²) in [4.78, 5) is 0. The number of allylic oxidation sites excluding steroid dienone is 4. The second-order valence-corrected chi connectivity index (χ2v) is 4.26. The molecule has 0 nitrogen and oxygen atoms in total. The first-order valence-corrected chi connectivity index (χ1v) is 5.80. The standard InChI is InChI=1S/C11H15.C3H7.Y/c1-8-7-9(2)11-6-4-3-5-10(8)11;1-3-2;/h10H,3-6H2,1-2H3;1,3H2,2H3;/q2*-1;+3. The normalized spacial score (nSPS) is 23.5. The van der Waals surface area contributed by atoms with Gasteiger partial charge in [0.15, 0.2) is 0 Å². The molecule has 0 aromatic carbocycles. The van der Waals surface area contributed by atoms with Crippen molar-refractivity contribution in [2.75, 3.05) is 0 Å². The Labute approximate surface area is 120 Å². The maximum absolute atomic E-state index is 3.49. The van der Waals surface area contributed by atoms with E-state index in [1.807, 2.05) is 6.92 Å². The van der Waals surface area contributed by atoms with Crippen LogP contribution in [0, 0.1) is 18.9 Å². The summed E-state index contributed by atoms with van der Waals surface area (Å²) in [7, 11) is 0. The zero-order valence-electron chi connectivity index (χ0n) is 10.4. The first kappa shape index (κ1) is 15.6. The Bertz CT molecular complexity index is 248. The van der Waals surface area contributed by atoms with E-state index < -0.39 is 0 Å². The minimum Gasteiger partial charge on any atom is -0.344 e. The third-order valence-electron chi connectivity index (χ3n) is 3.00. The molecule has 80 valence electrons. The SMILES string of the molecule is CC1=[C-]C(C)=C2CCCCC12.[CH2-]CC.[Y+3]. The van der Waals surface area contributed by atoms with E-state index in [0.29, 0.717) is 0 Å². The minimum absolute atomic E-state index is 0. The van der Waals surface area contributed by atoms with Crippen molar-refractivity contribution in [1.29, 1.82) is 0 Å². The Kier molecular flexibility index (Phi) is 8.10. The van der Waals surface area contributed by atoms with Gasteiger partial charge in [-0.15, -0.1) is 0 Å². The van der Waals surface area contributed by atoms with Crippen molar-refractivity contribution in [3.63, 3.8) is 0 Å². The number of fused-ring (bicyclic) bond motifs is 1. The largest absolute Gasteiger partial charge is 3.00 e. The molecule has 0 saturated heterocycles. The summed E-state index contributed by atoms with van der Waals surface area (Å²) in [6.45, 7) is 9.94. The molecule has 0 aliphatic heterocycles. The van der Waals surface area contributed by atoms with Gasteiger partial charge in [-0.05, 0) is 0 Å². The van der Waals surface area contributed by atoms with Crippen molar-refractivity contribution in [2.45, 2.75) is 52.9 Å². The van der Waals surface area contributed by atoms with Gasteiger partial charge in [0.25, 0.3) is 0 Å². The van der Waals surface area contributed by atoms with Gasteiger partial charge in [0.1, 0.15) is 0 Å². The molecular weight excluding hydrogens is 257 g/mol. The van der Waals surface area contributed by atoms with Crippen molar-refractivity contribution in [3.05, 3.63) is 29.7 Å². The molecule has 1 atom stereocenters. The summed E-state index contributed by atoms with van der Waals surface area (Å²) >= 11 is 0. The monoisotopic (exact) mass is 279 g/mol. The quantitative estimate of drug-likeness (QED) is 0.573. The average molecular weight is 279 g/mol. The van der Waals surface area contributed by atoms with Gasteiger partial charge in [-0.2, -0.15) is 12.0 Å². The van der Waals surface area contributed by atoms with Crippen LogP contribution in [0.3, 0.4) is 0 Å². The summed E-state index contributed by atoms with van der Waals surface area (Å²) in [6.07, 6.45) is 9.99. The van der Waals surface area contributed by atoms with E-state index >= 15 is 0 Å². The van der Waals surface area contributed by atoms with Gasteiger partial charge in [-0.1, -0.05) is 52.4 Å². The van der Waals surface area contributed by atoms with Gasteiger partial charge >= 0.3 is 32.7 Å². The van der Waals surface area contributed by atoms with Crippen molar-refractivity contribution >= 4 is 0 Å². The van der Waals surface area contributed by atoms with Gasteiger partial charge in [0, 0.05) is 0 Å². The Morgan fingerprint density at radius 2 is 1.93 bits per heavy atom. The second kappa shape index (κ2) is 7.79. The first-order chi connectivity index (χ1) is 6.70. The molecule has 0 spiro atoms. The summed E-state index contributed by atoms with van der Waals surface area (Å²) < 4.78 is 0. The van der Waals surface area contributed by atoms with Crippen LogP contribution >= 0.6 is 0 Å². The molecule has 0 aromatic heterocycles. The van der Waals surface area contributed by atoms with E-state index in [2.05, 4.69) is 26.8 Å². The van der Waals surface area contributed by atoms with Crippen molar-refractivity contribution in [1.82, 2.24) is 0 Å². The van der Waals surface area contributed by atoms with Gasteiger partial charge < -0.3 is 6.92 Å². The first-order valence-electron chi connectivity index (χ1n) is 5.80. The van der Waals surface area contributed by atoms with E-state index in [9.17, 15) is 0 Å². The fourth-order valence-electron chi connectivity index (χ4n) is 2.40. The number of rotatable bonds is 0. The molecule has 0 aromatic rings. The Hall–Kier alpha value is 0.584. The molecule has 15 heavy (non-hydrogen) atoms. The summed E-state index contributed by atoms with van der Waals surface area (Å²) in [5.41, 5.74) is 4.61. The molecule has 2 rings (SSSR count). The van der Waals surface area contributed by atoms with Gasteiger partial charge in [0.05, 0.1) is 0 Å². The molecule has 1 unspecified atom stereocenters. The Morgan fingerprint density at radius 3 is 2.47 bits per heavy atom. The predicted molar refractivity (Wildman–Crippen MR) is 62.7 cm³/mol. The molecule has 2 aliphatic carbocycles. The molecule has 2 aliphatic rings. The fourth-order valence-corrected chi connectivity index (χ4v) is 2.40. The summed E-state index contributed by atoms with van der Waals surface area (Å²) in [5, 5.41) is 0. The molecule has 0 radical (unpaired) electrons. The van der Waals surface area contributed by atoms with E-state index in [1.54, 1.807) is 5.57 Å². The van der Waals surface area contributed by atoms with Gasteiger partial charge in [-0.3, -0.25) is 0 Å².